The highest BCUT2D eigenvalue weighted by molar-refractivity contribution is 5.18. The third-order valence-electron chi connectivity index (χ3n) is 4.62. The van der Waals surface area contributed by atoms with Gasteiger partial charge in [0.1, 0.15) is 12.4 Å². The van der Waals surface area contributed by atoms with E-state index in [1.807, 2.05) is 30.3 Å². The van der Waals surface area contributed by atoms with Crippen molar-refractivity contribution >= 4 is 0 Å². The summed E-state index contributed by atoms with van der Waals surface area (Å²) in [5, 5.41) is 10.4. The van der Waals surface area contributed by atoms with Crippen molar-refractivity contribution in [1.29, 1.82) is 0 Å². The van der Waals surface area contributed by atoms with Crippen LogP contribution in [-0.4, -0.2) is 48.0 Å². The molecule has 0 radical (unpaired) electrons. The minimum Gasteiger partial charge on any atom is -0.467 e. The molecule has 1 aromatic carbocycles. The zero-order valence-electron chi connectivity index (χ0n) is 14.9. The van der Waals surface area contributed by atoms with E-state index < -0.39 is 6.10 Å². The maximum atomic E-state index is 10.4. The molecule has 0 spiro atoms. The Hall–Kier alpha value is -1.66. The minimum absolute atomic E-state index is 0.0328. The van der Waals surface area contributed by atoms with Crippen molar-refractivity contribution in [2.45, 2.75) is 38.2 Å². The van der Waals surface area contributed by atoms with Crippen LogP contribution in [0.1, 0.15) is 31.3 Å². The average Bonchev–Trinajstić information content (AvgIpc) is 3.11. The maximum absolute atomic E-state index is 10.4. The number of nitrogens with zero attached hydrogens (tertiary/aromatic N) is 1. The molecular formula is C20H27NO4. The Kier molecular flexibility index (Phi) is 5.91. The number of hydrogen-bond acceptors (Lipinski definition) is 5. The number of aliphatic hydroxyl groups excluding tert-OH is 1. The smallest absolute Gasteiger partial charge is 0.129 e. The molecule has 1 saturated heterocycles. The molecule has 1 aliphatic rings. The van der Waals surface area contributed by atoms with Gasteiger partial charge in [-0.1, -0.05) is 30.3 Å². The Labute approximate surface area is 149 Å². The fourth-order valence-electron chi connectivity index (χ4n) is 3.08. The lowest BCUT2D eigenvalue weighted by molar-refractivity contribution is -0.116. The SMILES string of the molecule is CC1(C)COC(c2ccccc2)CN1CC(O)COCc1ccco1. The highest BCUT2D eigenvalue weighted by Crippen LogP contribution is 2.30. The molecule has 0 aliphatic carbocycles. The summed E-state index contributed by atoms with van der Waals surface area (Å²) in [6.07, 6.45) is 1.10. The summed E-state index contributed by atoms with van der Waals surface area (Å²) in [6.45, 7) is 6.89. The summed E-state index contributed by atoms with van der Waals surface area (Å²) < 4.78 is 16.8. The summed E-state index contributed by atoms with van der Waals surface area (Å²) in [5.74, 6) is 0.767. The van der Waals surface area contributed by atoms with E-state index in [2.05, 4.69) is 30.9 Å². The molecule has 0 amide bonds. The molecule has 2 aromatic rings. The van der Waals surface area contributed by atoms with E-state index in [9.17, 15) is 5.11 Å². The van der Waals surface area contributed by atoms with E-state index >= 15 is 0 Å². The molecule has 25 heavy (non-hydrogen) atoms. The number of furan rings is 1. The molecule has 1 N–H and O–H groups in total. The van der Waals surface area contributed by atoms with Gasteiger partial charge >= 0.3 is 0 Å². The van der Waals surface area contributed by atoms with Gasteiger partial charge in [-0.05, 0) is 31.5 Å². The second-order valence-electron chi connectivity index (χ2n) is 7.18. The minimum atomic E-state index is -0.552. The van der Waals surface area contributed by atoms with Crippen LogP contribution in [0.3, 0.4) is 0 Å². The monoisotopic (exact) mass is 345 g/mol. The zero-order chi connectivity index (χ0) is 17.7. The zero-order valence-corrected chi connectivity index (χ0v) is 14.9. The Morgan fingerprint density at radius 1 is 1.24 bits per heavy atom. The normalized spacial score (nSPS) is 22.0. The van der Waals surface area contributed by atoms with Crippen LogP contribution in [0.4, 0.5) is 0 Å². The molecule has 5 heteroatoms. The standard InChI is InChI=1S/C20H27NO4/c1-20(2)15-25-19(16-7-4-3-5-8-16)12-21(20)11-17(22)13-23-14-18-9-6-10-24-18/h3-10,17,19,22H,11-15H2,1-2H3. The van der Waals surface area contributed by atoms with Gasteiger partial charge in [0.25, 0.3) is 0 Å². The van der Waals surface area contributed by atoms with Crippen molar-refractivity contribution in [3.05, 3.63) is 60.1 Å². The van der Waals surface area contributed by atoms with Crippen molar-refractivity contribution in [1.82, 2.24) is 4.90 Å². The van der Waals surface area contributed by atoms with Gasteiger partial charge in [-0.15, -0.1) is 0 Å². The van der Waals surface area contributed by atoms with E-state index in [0.717, 1.165) is 12.3 Å². The van der Waals surface area contributed by atoms with Crippen molar-refractivity contribution in [2.75, 3.05) is 26.3 Å². The first-order valence-corrected chi connectivity index (χ1v) is 8.74. The number of aliphatic hydroxyl groups is 1. The number of β-amino-alcohol motifs (C(OH)–C–C–N with tert-alkyl or cyclic N) is 1. The van der Waals surface area contributed by atoms with E-state index in [0.29, 0.717) is 19.8 Å². The third kappa shape index (κ3) is 4.92. The predicted octanol–water partition coefficient (Wildman–Crippen LogP) is 3.01. The van der Waals surface area contributed by atoms with Crippen LogP contribution >= 0.6 is 0 Å². The first-order chi connectivity index (χ1) is 12.0. The maximum Gasteiger partial charge on any atom is 0.129 e. The van der Waals surface area contributed by atoms with Gasteiger partial charge in [0.15, 0.2) is 0 Å². The van der Waals surface area contributed by atoms with Crippen molar-refractivity contribution < 1.29 is 19.0 Å². The lowest BCUT2D eigenvalue weighted by atomic mass is 9.97. The second-order valence-corrected chi connectivity index (χ2v) is 7.18. The number of hydrogen-bond donors (Lipinski definition) is 1. The van der Waals surface area contributed by atoms with Gasteiger partial charge in [-0.2, -0.15) is 0 Å². The molecule has 1 fully saturated rings. The first kappa shape index (κ1) is 18.1. The number of benzene rings is 1. The Morgan fingerprint density at radius 3 is 2.76 bits per heavy atom. The molecule has 3 rings (SSSR count). The molecule has 2 atom stereocenters. The fourth-order valence-corrected chi connectivity index (χ4v) is 3.08. The summed E-state index contributed by atoms with van der Waals surface area (Å²) in [4.78, 5) is 2.29. The third-order valence-corrected chi connectivity index (χ3v) is 4.62. The fraction of sp³-hybridized carbons (Fsp3) is 0.500. The summed E-state index contributed by atoms with van der Waals surface area (Å²) in [5.41, 5.74) is 1.05. The molecule has 0 saturated carbocycles. The summed E-state index contributed by atoms with van der Waals surface area (Å²) in [7, 11) is 0. The Bertz CT molecular complexity index is 626. The highest BCUT2D eigenvalue weighted by atomic mass is 16.5. The van der Waals surface area contributed by atoms with Gasteiger partial charge in [0.05, 0.1) is 31.7 Å². The highest BCUT2D eigenvalue weighted by Gasteiger charge is 2.36. The van der Waals surface area contributed by atoms with Gasteiger partial charge in [0, 0.05) is 18.6 Å². The predicted molar refractivity (Wildman–Crippen MR) is 95.2 cm³/mol. The van der Waals surface area contributed by atoms with E-state index in [-0.39, 0.29) is 18.2 Å². The van der Waals surface area contributed by atoms with Gasteiger partial charge in [-0.3, -0.25) is 4.90 Å². The molecule has 2 heterocycles. The largest absolute Gasteiger partial charge is 0.467 e. The van der Waals surface area contributed by atoms with Crippen LogP contribution in [-0.2, 0) is 16.1 Å². The van der Waals surface area contributed by atoms with Crippen molar-refractivity contribution in [2.24, 2.45) is 0 Å². The molecule has 136 valence electrons. The molecule has 1 aromatic heterocycles. The average molecular weight is 345 g/mol. The van der Waals surface area contributed by atoms with Crippen LogP contribution < -0.4 is 0 Å². The van der Waals surface area contributed by atoms with Crippen LogP contribution in [0.2, 0.25) is 0 Å². The molecule has 5 nitrogen and oxygen atoms in total. The summed E-state index contributed by atoms with van der Waals surface area (Å²) >= 11 is 0. The number of ether oxygens (including phenoxy) is 2. The van der Waals surface area contributed by atoms with Crippen LogP contribution in [0.25, 0.3) is 0 Å². The second kappa shape index (κ2) is 8.15. The van der Waals surface area contributed by atoms with Crippen LogP contribution in [0.15, 0.2) is 53.1 Å². The first-order valence-electron chi connectivity index (χ1n) is 8.74. The van der Waals surface area contributed by atoms with Crippen molar-refractivity contribution in [3.63, 3.8) is 0 Å². The van der Waals surface area contributed by atoms with E-state index in [1.165, 1.54) is 5.56 Å². The molecule has 1 aliphatic heterocycles. The topological polar surface area (TPSA) is 55.1 Å². The van der Waals surface area contributed by atoms with E-state index in [1.54, 1.807) is 6.26 Å². The number of rotatable bonds is 7. The van der Waals surface area contributed by atoms with Crippen LogP contribution in [0.5, 0.6) is 0 Å². The van der Waals surface area contributed by atoms with E-state index in [4.69, 9.17) is 13.9 Å². The number of morpholine rings is 1. The molecule has 2 unspecified atom stereocenters. The molecule has 0 bridgehead atoms. The lowest BCUT2D eigenvalue weighted by Gasteiger charge is -2.46. The van der Waals surface area contributed by atoms with Gasteiger partial charge in [0.2, 0.25) is 0 Å². The van der Waals surface area contributed by atoms with Gasteiger partial charge < -0.3 is 19.0 Å². The van der Waals surface area contributed by atoms with Crippen LogP contribution in [0, 0.1) is 0 Å². The quantitative estimate of drug-likeness (QED) is 0.836. The Balaban J connectivity index is 1.53. The van der Waals surface area contributed by atoms with Crippen molar-refractivity contribution in [3.8, 4) is 0 Å². The summed E-state index contributed by atoms with van der Waals surface area (Å²) in [6, 6.07) is 13.9. The lowest BCUT2D eigenvalue weighted by Crippen LogP contribution is -2.56. The Morgan fingerprint density at radius 2 is 2.04 bits per heavy atom. The molecular weight excluding hydrogens is 318 g/mol. The van der Waals surface area contributed by atoms with Gasteiger partial charge in [-0.25, -0.2) is 0 Å².